The maximum absolute atomic E-state index is 4.59. The van der Waals surface area contributed by atoms with Gasteiger partial charge in [-0.1, -0.05) is 37.3 Å². The Kier molecular flexibility index (Phi) is 3.09. The van der Waals surface area contributed by atoms with E-state index in [-0.39, 0.29) is 0 Å². The van der Waals surface area contributed by atoms with Crippen LogP contribution in [0.25, 0.3) is 0 Å². The van der Waals surface area contributed by atoms with Crippen LogP contribution in [0.4, 0.5) is 0 Å². The van der Waals surface area contributed by atoms with Crippen molar-refractivity contribution in [2.45, 2.75) is 33.7 Å². The van der Waals surface area contributed by atoms with Crippen LogP contribution in [-0.4, -0.2) is 9.78 Å². The van der Waals surface area contributed by atoms with E-state index in [2.05, 4.69) is 54.8 Å². The molecule has 0 atom stereocenters. The zero-order chi connectivity index (χ0) is 11.5. The van der Waals surface area contributed by atoms with E-state index < -0.39 is 0 Å². The molecule has 1 aromatic heterocycles. The maximum atomic E-state index is 4.59. The van der Waals surface area contributed by atoms with Gasteiger partial charge in [-0.25, -0.2) is 0 Å². The molecule has 0 bridgehead atoms. The molecule has 1 heterocycles. The molecule has 0 saturated carbocycles. The average Bonchev–Trinajstić information content (AvgIpc) is 2.55. The number of benzene rings is 1. The second-order valence-electron chi connectivity index (χ2n) is 4.15. The predicted molar refractivity (Wildman–Crippen MR) is 66.6 cm³/mol. The Balaban J connectivity index is 2.29. The maximum Gasteiger partial charge on any atom is 0.0662 e. The second-order valence-corrected chi connectivity index (χ2v) is 4.15. The Bertz CT molecular complexity index is 469. The number of hydrogen-bond acceptors (Lipinski definition) is 1. The molecule has 0 radical (unpaired) electrons. The van der Waals surface area contributed by atoms with Crippen LogP contribution < -0.4 is 0 Å². The molecule has 0 aliphatic rings. The number of hydrogen-bond donors (Lipinski definition) is 0. The van der Waals surface area contributed by atoms with Gasteiger partial charge in [-0.2, -0.15) is 5.10 Å². The molecule has 16 heavy (non-hydrogen) atoms. The SMILES string of the molecule is CCc1c(C)nn(Cc2ccccc2)c1C. The number of rotatable bonds is 3. The van der Waals surface area contributed by atoms with Gasteiger partial charge in [0.25, 0.3) is 0 Å². The van der Waals surface area contributed by atoms with Crippen LogP contribution >= 0.6 is 0 Å². The van der Waals surface area contributed by atoms with E-state index >= 15 is 0 Å². The van der Waals surface area contributed by atoms with Crippen LogP contribution in [0.1, 0.15) is 29.4 Å². The van der Waals surface area contributed by atoms with Crippen LogP contribution in [-0.2, 0) is 13.0 Å². The fraction of sp³-hybridized carbons (Fsp3) is 0.357. The van der Waals surface area contributed by atoms with E-state index in [1.807, 2.05) is 6.07 Å². The summed E-state index contributed by atoms with van der Waals surface area (Å²) in [5, 5.41) is 4.59. The number of nitrogens with zero attached hydrogens (tertiary/aromatic N) is 2. The quantitative estimate of drug-likeness (QED) is 0.767. The molecular weight excluding hydrogens is 196 g/mol. The Morgan fingerprint density at radius 3 is 2.38 bits per heavy atom. The molecule has 0 spiro atoms. The molecule has 0 aliphatic carbocycles. The van der Waals surface area contributed by atoms with Gasteiger partial charge in [0.2, 0.25) is 0 Å². The van der Waals surface area contributed by atoms with Crippen LogP contribution in [0.2, 0.25) is 0 Å². The first-order valence-electron chi connectivity index (χ1n) is 5.79. The average molecular weight is 214 g/mol. The summed E-state index contributed by atoms with van der Waals surface area (Å²) < 4.78 is 2.10. The second kappa shape index (κ2) is 4.52. The minimum absolute atomic E-state index is 0.869. The molecule has 0 saturated heterocycles. The molecule has 0 aliphatic heterocycles. The van der Waals surface area contributed by atoms with Crippen LogP contribution in [0, 0.1) is 13.8 Å². The summed E-state index contributed by atoms with van der Waals surface area (Å²) in [5.41, 5.74) is 5.14. The molecule has 0 fully saturated rings. The highest BCUT2D eigenvalue weighted by Gasteiger charge is 2.09. The monoisotopic (exact) mass is 214 g/mol. The molecular formula is C14H18N2. The first-order valence-corrected chi connectivity index (χ1v) is 5.79. The Labute approximate surface area is 96.9 Å². The largest absolute Gasteiger partial charge is 0.265 e. The number of aryl methyl sites for hydroxylation is 1. The van der Waals surface area contributed by atoms with Crippen LogP contribution in [0.15, 0.2) is 30.3 Å². The summed E-state index contributed by atoms with van der Waals surface area (Å²) in [7, 11) is 0. The van der Waals surface area contributed by atoms with E-state index in [0.717, 1.165) is 18.7 Å². The van der Waals surface area contributed by atoms with Gasteiger partial charge < -0.3 is 0 Å². The van der Waals surface area contributed by atoms with E-state index in [9.17, 15) is 0 Å². The van der Waals surface area contributed by atoms with Gasteiger partial charge in [0, 0.05) is 5.69 Å². The minimum atomic E-state index is 0.869. The molecule has 0 N–H and O–H groups in total. The van der Waals surface area contributed by atoms with E-state index in [0.29, 0.717) is 0 Å². The van der Waals surface area contributed by atoms with Gasteiger partial charge in [-0.05, 0) is 31.4 Å². The lowest BCUT2D eigenvalue weighted by atomic mass is 10.1. The summed E-state index contributed by atoms with van der Waals surface area (Å²) in [4.78, 5) is 0. The van der Waals surface area contributed by atoms with Crippen molar-refractivity contribution in [1.29, 1.82) is 0 Å². The fourth-order valence-electron chi connectivity index (χ4n) is 2.16. The molecule has 2 nitrogen and oxygen atoms in total. The summed E-state index contributed by atoms with van der Waals surface area (Å²) in [5.74, 6) is 0. The Hall–Kier alpha value is -1.57. The van der Waals surface area contributed by atoms with Crippen molar-refractivity contribution in [3.8, 4) is 0 Å². The van der Waals surface area contributed by atoms with Crippen molar-refractivity contribution in [3.05, 3.63) is 52.8 Å². The lowest BCUT2D eigenvalue weighted by molar-refractivity contribution is 0.658. The third-order valence-electron chi connectivity index (χ3n) is 3.06. The van der Waals surface area contributed by atoms with E-state index in [1.54, 1.807) is 0 Å². The normalized spacial score (nSPS) is 10.7. The van der Waals surface area contributed by atoms with Gasteiger partial charge in [0.1, 0.15) is 0 Å². The summed E-state index contributed by atoms with van der Waals surface area (Å²) in [6, 6.07) is 10.5. The van der Waals surface area contributed by atoms with Crippen molar-refractivity contribution in [3.63, 3.8) is 0 Å². The van der Waals surface area contributed by atoms with Gasteiger partial charge in [0.05, 0.1) is 12.2 Å². The Morgan fingerprint density at radius 1 is 1.12 bits per heavy atom. The van der Waals surface area contributed by atoms with Crippen molar-refractivity contribution in [2.75, 3.05) is 0 Å². The lowest BCUT2D eigenvalue weighted by Crippen LogP contribution is -2.04. The molecule has 0 amide bonds. The summed E-state index contributed by atoms with van der Waals surface area (Å²) in [6.07, 6.45) is 1.06. The highest BCUT2D eigenvalue weighted by Crippen LogP contribution is 2.14. The third-order valence-corrected chi connectivity index (χ3v) is 3.06. The smallest absolute Gasteiger partial charge is 0.0662 e. The van der Waals surface area contributed by atoms with Gasteiger partial charge >= 0.3 is 0 Å². The lowest BCUT2D eigenvalue weighted by Gasteiger charge is -2.04. The highest BCUT2D eigenvalue weighted by atomic mass is 15.3. The molecule has 2 rings (SSSR count). The third kappa shape index (κ3) is 2.01. The van der Waals surface area contributed by atoms with Gasteiger partial charge in [-0.3, -0.25) is 4.68 Å². The molecule has 0 unspecified atom stereocenters. The topological polar surface area (TPSA) is 17.8 Å². The van der Waals surface area contributed by atoms with Crippen LogP contribution in [0.3, 0.4) is 0 Å². The fourth-order valence-corrected chi connectivity index (χ4v) is 2.16. The standard InChI is InChI=1S/C14H18N2/c1-4-14-11(2)15-16(12(14)3)10-13-8-6-5-7-9-13/h5-9H,4,10H2,1-3H3. The van der Waals surface area contributed by atoms with Crippen molar-refractivity contribution >= 4 is 0 Å². The predicted octanol–water partition coefficient (Wildman–Crippen LogP) is 3.11. The zero-order valence-electron chi connectivity index (χ0n) is 10.2. The zero-order valence-corrected chi connectivity index (χ0v) is 10.2. The van der Waals surface area contributed by atoms with Gasteiger partial charge in [0.15, 0.2) is 0 Å². The van der Waals surface area contributed by atoms with Gasteiger partial charge in [-0.15, -0.1) is 0 Å². The first-order chi connectivity index (χ1) is 7.72. The van der Waals surface area contributed by atoms with E-state index in [4.69, 9.17) is 0 Å². The summed E-state index contributed by atoms with van der Waals surface area (Å²) >= 11 is 0. The first kappa shape index (κ1) is 10.9. The van der Waals surface area contributed by atoms with E-state index in [1.165, 1.54) is 16.8 Å². The molecule has 2 aromatic rings. The molecule has 2 heteroatoms. The minimum Gasteiger partial charge on any atom is -0.265 e. The molecule has 1 aromatic carbocycles. The summed E-state index contributed by atoms with van der Waals surface area (Å²) in [6.45, 7) is 7.30. The highest BCUT2D eigenvalue weighted by molar-refractivity contribution is 5.25. The van der Waals surface area contributed by atoms with Crippen LogP contribution in [0.5, 0.6) is 0 Å². The number of aromatic nitrogens is 2. The van der Waals surface area contributed by atoms with Crippen molar-refractivity contribution < 1.29 is 0 Å². The van der Waals surface area contributed by atoms with Crippen molar-refractivity contribution in [2.24, 2.45) is 0 Å². The molecule has 84 valence electrons. The van der Waals surface area contributed by atoms with Crippen molar-refractivity contribution in [1.82, 2.24) is 9.78 Å². The Morgan fingerprint density at radius 2 is 1.81 bits per heavy atom.